The number of carboxylic acid groups (broad SMARTS) is 2. The molecule has 0 saturated carbocycles. The molecule has 1 amide bonds. The van der Waals surface area contributed by atoms with Gasteiger partial charge in [0, 0.05) is 32.5 Å². The zero-order chi connectivity index (χ0) is 27.0. The molecule has 0 radical (unpaired) electrons. The Hall–Kier alpha value is -3.63. The molecule has 1 aliphatic heterocycles. The molecule has 1 aliphatic rings. The third-order valence-electron chi connectivity index (χ3n) is 4.26. The molecule has 2 aromatic rings. The number of carbonyl (C=O) groups is 3. The van der Waals surface area contributed by atoms with Crippen molar-refractivity contribution in [2.75, 3.05) is 13.1 Å². The summed E-state index contributed by atoms with van der Waals surface area (Å²) in [5.74, 6) is -4.56. The van der Waals surface area contributed by atoms with Crippen LogP contribution >= 0.6 is 0 Å². The predicted molar refractivity (Wildman–Crippen MR) is 105 cm³/mol. The third-order valence-corrected chi connectivity index (χ3v) is 4.26. The number of imidazole rings is 1. The Morgan fingerprint density at radius 3 is 2.00 bits per heavy atom. The Kier molecular flexibility index (Phi) is 10.2. The zero-order valence-corrected chi connectivity index (χ0v) is 18.4. The number of aliphatic carboxylic acids is 2. The van der Waals surface area contributed by atoms with Gasteiger partial charge in [0.05, 0.1) is 30.5 Å². The Labute approximate surface area is 193 Å². The molecule has 0 saturated heterocycles. The van der Waals surface area contributed by atoms with Crippen molar-refractivity contribution < 1.29 is 50.9 Å². The number of likely N-dealkylation sites (N-methyl/N-ethyl adjacent to an activating group) is 1. The lowest BCUT2D eigenvalue weighted by molar-refractivity contribution is -0.193. The van der Waals surface area contributed by atoms with Gasteiger partial charge in [0.2, 0.25) is 0 Å². The largest absolute Gasteiger partial charge is 0.490 e. The number of alkyl halides is 6. The lowest BCUT2D eigenvalue weighted by atomic mass is 10.3. The van der Waals surface area contributed by atoms with Gasteiger partial charge in [0.1, 0.15) is 5.82 Å². The van der Waals surface area contributed by atoms with Gasteiger partial charge in [-0.05, 0) is 6.54 Å². The highest BCUT2D eigenvalue weighted by molar-refractivity contribution is 5.93. The molecule has 196 valence electrons. The first-order valence-corrected chi connectivity index (χ1v) is 9.68. The van der Waals surface area contributed by atoms with Gasteiger partial charge in [0.15, 0.2) is 0 Å². The van der Waals surface area contributed by atoms with E-state index in [0.29, 0.717) is 12.1 Å². The van der Waals surface area contributed by atoms with Crippen LogP contribution in [-0.4, -0.2) is 77.7 Å². The normalized spacial score (nSPS) is 13.5. The summed E-state index contributed by atoms with van der Waals surface area (Å²) < 4.78 is 67.3. The average molecular weight is 516 g/mol. The standard InChI is InChI=1S/C14H20N6O.2C2HF3O2/c1-3-19-4-5-20-9-12(17-13(20)10-19)7-15-14(21)11-6-16-18(2)8-11;2*3-2(4,5)1(6)7/h6,8-9H,3-5,7,10H2,1-2H3,(H,15,21);2*(H,6,7). The number of nitrogens with one attached hydrogen (secondary N) is 1. The van der Waals surface area contributed by atoms with E-state index in [1.165, 1.54) is 0 Å². The summed E-state index contributed by atoms with van der Waals surface area (Å²) in [6.45, 7) is 6.55. The van der Waals surface area contributed by atoms with Crippen LogP contribution in [0.15, 0.2) is 18.6 Å². The number of nitrogens with zero attached hydrogens (tertiary/aromatic N) is 5. The fourth-order valence-electron chi connectivity index (χ4n) is 2.53. The molecule has 0 bridgehead atoms. The van der Waals surface area contributed by atoms with E-state index in [9.17, 15) is 31.1 Å². The number of aryl methyl sites for hydroxylation is 1. The van der Waals surface area contributed by atoms with Gasteiger partial charge < -0.3 is 20.1 Å². The number of rotatable bonds is 4. The summed E-state index contributed by atoms with van der Waals surface area (Å²) >= 11 is 0. The molecule has 3 heterocycles. The molecular weight excluding hydrogens is 494 g/mol. The maximum absolute atomic E-state index is 12.0. The lowest BCUT2D eigenvalue weighted by Gasteiger charge is -2.25. The molecular formula is C18H22F6N6O5. The van der Waals surface area contributed by atoms with Crippen LogP contribution in [0.1, 0.15) is 28.8 Å². The second kappa shape index (κ2) is 12.2. The minimum absolute atomic E-state index is 0.121. The molecule has 11 nitrogen and oxygen atoms in total. The van der Waals surface area contributed by atoms with E-state index in [4.69, 9.17) is 19.8 Å². The third kappa shape index (κ3) is 10.0. The Morgan fingerprint density at radius 2 is 1.57 bits per heavy atom. The van der Waals surface area contributed by atoms with E-state index in [-0.39, 0.29) is 5.91 Å². The number of carbonyl (C=O) groups excluding carboxylic acids is 1. The van der Waals surface area contributed by atoms with Crippen LogP contribution in [0.25, 0.3) is 0 Å². The average Bonchev–Trinajstić information content (AvgIpc) is 3.36. The molecule has 0 unspecified atom stereocenters. The fourth-order valence-corrected chi connectivity index (χ4v) is 2.53. The summed E-state index contributed by atoms with van der Waals surface area (Å²) in [7, 11) is 1.79. The van der Waals surface area contributed by atoms with Gasteiger partial charge in [-0.25, -0.2) is 14.6 Å². The van der Waals surface area contributed by atoms with Crippen molar-refractivity contribution in [1.82, 2.24) is 29.5 Å². The number of hydrogen-bond donors (Lipinski definition) is 3. The van der Waals surface area contributed by atoms with Gasteiger partial charge in [-0.3, -0.25) is 14.4 Å². The minimum Gasteiger partial charge on any atom is -0.475 e. The number of halogens is 6. The first kappa shape index (κ1) is 29.4. The van der Waals surface area contributed by atoms with Crippen LogP contribution < -0.4 is 5.32 Å². The first-order valence-electron chi connectivity index (χ1n) is 9.68. The Balaban J connectivity index is 0.000000362. The monoisotopic (exact) mass is 516 g/mol. The summed E-state index contributed by atoms with van der Waals surface area (Å²) in [5.41, 5.74) is 1.47. The van der Waals surface area contributed by atoms with Crippen molar-refractivity contribution in [3.05, 3.63) is 35.7 Å². The van der Waals surface area contributed by atoms with Gasteiger partial charge in [-0.1, -0.05) is 6.92 Å². The molecule has 0 spiro atoms. The van der Waals surface area contributed by atoms with E-state index in [1.54, 1.807) is 24.1 Å². The topological polar surface area (TPSA) is 143 Å². The smallest absolute Gasteiger partial charge is 0.475 e. The highest BCUT2D eigenvalue weighted by atomic mass is 19.4. The van der Waals surface area contributed by atoms with E-state index < -0.39 is 24.3 Å². The second-order valence-corrected chi connectivity index (χ2v) is 6.90. The van der Waals surface area contributed by atoms with Crippen molar-refractivity contribution in [2.45, 2.75) is 38.9 Å². The van der Waals surface area contributed by atoms with Crippen molar-refractivity contribution in [3.8, 4) is 0 Å². The van der Waals surface area contributed by atoms with Crippen LogP contribution in [0.3, 0.4) is 0 Å². The van der Waals surface area contributed by atoms with Gasteiger partial charge >= 0.3 is 24.3 Å². The summed E-state index contributed by atoms with van der Waals surface area (Å²) in [5, 5.41) is 21.1. The number of amides is 1. The maximum Gasteiger partial charge on any atom is 0.490 e. The van der Waals surface area contributed by atoms with E-state index in [0.717, 1.165) is 37.7 Å². The van der Waals surface area contributed by atoms with Crippen molar-refractivity contribution in [2.24, 2.45) is 7.05 Å². The number of aromatic nitrogens is 4. The van der Waals surface area contributed by atoms with Crippen LogP contribution in [0.4, 0.5) is 26.3 Å². The molecule has 2 aromatic heterocycles. The highest BCUT2D eigenvalue weighted by Crippen LogP contribution is 2.14. The predicted octanol–water partition coefficient (Wildman–Crippen LogP) is 1.65. The summed E-state index contributed by atoms with van der Waals surface area (Å²) in [6, 6.07) is 0. The molecule has 0 fully saturated rings. The molecule has 0 aromatic carbocycles. The SMILES string of the molecule is CCN1CCn2cc(CNC(=O)c3cnn(C)c3)nc2C1.O=C(O)C(F)(F)F.O=C(O)C(F)(F)F. The van der Waals surface area contributed by atoms with Crippen molar-refractivity contribution >= 4 is 17.8 Å². The van der Waals surface area contributed by atoms with Gasteiger partial charge in [0.25, 0.3) is 5.91 Å². The lowest BCUT2D eigenvalue weighted by Crippen LogP contribution is -2.33. The fraction of sp³-hybridized carbons (Fsp3) is 0.500. The quantitative estimate of drug-likeness (QED) is 0.521. The van der Waals surface area contributed by atoms with E-state index in [2.05, 4.69) is 31.8 Å². The highest BCUT2D eigenvalue weighted by Gasteiger charge is 2.38. The molecule has 17 heteroatoms. The van der Waals surface area contributed by atoms with Crippen molar-refractivity contribution in [3.63, 3.8) is 0 Å². The summed E-state index contributed by atoms with van der Waals surface area (Å²) in [4.78, 5) is 36.7. The molecule has 0 atom stereocenters. The molecule has 3 N–H and O–H groups in total. The van der Waals surface area contributed by atoms with Crippen molar-refractivity contribution in [1.29, 1.82) is 0 Å². The zero-order valence-electron chi connectivity index (χ0n) is 18.4. The van der Waals surface area contributed by atoms with Crippen LogP contribution in [0.5, 0.6) is 0 Å². The maximum atomic E-state index is 12.0. The van der Waals surface area contributed by atoms with E-state index >= 15 is 0 Å². The molecule has 0 aliphatic carbocycles. The molecule has 35 heavy (non-hydrogen) atoms. The van der Waals surface area contributed by atoms with E-state index in [1.807, 2.05) is 6.20 Å². The van der Waals surface area contributed by atoms with Crippen LogP contribution in [0, 0.1) is 0 Å². The van der Waals surface area contributed by atoms with Gasteiger partial charge in [-0.2, -0.15) is 31.4 Å². The Bertz CT molecular complexity index is 992. The summed E-state index contributed by atoms with van der Waals surface area (Å²) in [6.07, 6.45) is -4.87. The van der Waals surface area contributed by atoms with Crippen LogP contribution in [-0.2, 0) is 36.3 Å². The number of hydrogen-bond acceptors (Lipinski definition) is 6. The second-order valence-electron chi connectivity index (χ2n) is 6.90. The minimum atomic E-state index is -5.08. The Morgan fingerprint density at radius 1 is 1.03 bits per heavy atom. The molecule has 3 rings (SSSR count). The number of fused-ring (bicyclic) bond motifs is 1. The number of carboxylic acids is 2. The van der Waals surface area contributed by atoms with Gasteiger partial charge in [-0.15, -0.1) is 0 Å². The van der Waals surface area contributed by atoms with Crippen LogP contribution in [0.2, 0.25) is 0 Å². The first-order chi connectivity index (χ1) is 16.0.